The van der Waals surface area contributed by atoms with Gasteiger partial charge in [-0.25, -0.2) is 0 Å². The second-order valence-electron chi connectivity index (χ2n) is 9.56. The van der Waals surface area contributed by atoms with Gasteiger partial charge in [-0.15, -0.1) is 0 Å². The smallest absolute Gasteiger partial charge is 0.139 e. The summed E-state index contributed by atoms with van der Waals surface area (Å²) in [4.78, 5) is 12.4. The first-order chi connectivity index (χ1) is 10.4. The first-order valence-electron chi connectivity index (χ1n) is 9.57. The fourth-order valence-electron chi connectivity index (χ4n) is 7.27. The lowest BCUT2D eigenvalue weighted by Crippen LogP contribution is -2.55. The van der Waals surface area contributed by atoms with Gasteiger partial charge in [0.1, 0.15) is 5.78 Å². The van der Waals surface area contributed by atoms with Gasteiger partial charge in [-0.2, -0.15) is 0 Å². The predicted octanol–water partition coefficient (Wildman–Crippen LogP) is 4.21. The molecule has 8 atom stereocenters. The van der Waals surface area contributed by atoms with Gasteiger partial charge in [0.05, 0.1) is 6.10 Å². The summed E-state index contributed by atoms with van der Waals surface area (Å²) >= 11 is 0. The third-order valence-corrected chi connectivity index (χ3v) is 8.74. The van der Waals surface area contributed by atoms with Crippen molar-refractivity contribution in [3.63, 3.8) is 0 Å². The van der Waals surface area contributed by atoms with Gasteiger partial charge < -0.3 is 5.11 Å². The molecule has 0 bridgehead atoms. The highest BCUT2D eigenvalue weighted by molar-refractivity contribution is 5.87. The molecular weight excluding hydrogens is 272 g/mol. The molecule has 4 fully saturated rings. The highest BCUT2D eigenvalue weighted by Crippen LogP contribution is 2.65. The van der Waals surface area contributed by atoms with Crippen LogP contribution in [-0.4, -0.2) is 17.0 Å². The number of carbonyl (C=O) groups is 1. The van der Waals surface area contributed by atoms with Crippen molar-refractivity contribution in [1.29, 1.82) is 0 Å². The van der Waals surface area contributed by atoms with E-state index >= 15 is 0 Å². The zero-order chi connectivity index (χ0) is 15.7. The number of carbonyl (C=O) groups excluding carboxylic acids is 1. The van der Waals surface area contributed by atoms with E-state index in [0.717, 1.165) is 43.4 Å². The Balaban J connectivity index is 1.65. The quantitative estimate of drug-likeness (QED) is 0.728. The highest BCUT2D eigenvalue weighted by Gasteiger charge is 2.60. The van der Waals surface area contributed by atoms with E-state index in [-0.39, 0.29) is 11.5 Å². The van der Waals surface area contributed by atoms with Crippen LogP contribution in [0.2, 0.25) is 0 Å². The van der Waals surface area contributed by atoms with Gasteiger partial charge in [-0.1, -0.05) is 20.8 Å². The molecule has 0 amide bonds. The predicted molar refractivity (Wildman–Crippen MR) is 87.3 cm³/mol. The van der Waals surface area contributed by atoms with Gasteiger partial charge in [0.15, 0.2) is 0 Å². The first kappa shape index (κ1) is 15.2. The Labute approximate surface area is 135 Å². The van der Waals surface area contributed by atoms with E-state index in [9.17, 15) is 9.90 Å². The molecule has 0 aromatic heterocycles. The summed E-state index contributed by atoms with van der Waals surface area (Å²) in [6, 6.07) is 0. The Kier molecular flexibility index (Phi) is 3.32. The van der Waals surface area contributed by atoms with E-state index in [1.165, 1.54) is 25.7 Å². The summed E-state index contributed by atoms with van der Waals surface area (Å²) in [5, 5.41) is 10.5. The molecule has 4 saturated carbocycles. The summed E-state index contributed by atoms with van der Waals surface area (Å²) in [7, 11) is 0. The molecule has 2 nitrogen and oxygen atoms in total. The maximum Gasteiger partial charge on any atom is 0.139 e. The largest absolute Gasteiger partial charge is 0.393 e. The molecular formula is C20H32O2. The van der Waals surface area contributed by atoms with Crippen LogP contribution in [0, 0.1) is 40.4 Å². The SMILES string of the molecule is C[C@H]1C[C@@H]2CC[C@@H]3[C@H](CC[C@]4(C)C(=O)CC[C@@H]34)[C@@]2(C)C[C@@H]1O. The normalized spacial score (nSPS) is 57.9. The fourth-order valence-corrected chi connectivity index (χ4v) is 7.27. The molecule has 4 rings (SSSR count). The lowest BCUT2D eigenvalue weighted by atomic mass is 9.44. The van der Waals surface area contributed by atoms with Crippen molar-refractivity contribution in [1.82, 2.24) is 0 Å². The average molecular weight is 304 g/mol. The van der Waals surface area contributed by atoms with E-state index in [4.69, 9.17) is 0 Å². The van der Waals surface area contributed by atoms with Crippen LogP contribution >= 0.6 is 0 Å². The molecule has 0 saturated heterocycles. The van der Waals surface area contributed by atoms with E-state index < -0.39 is 0 Å². The summed E-state index contributed by atoms with van der Waals surface area (Å²) < 4.78 is 0. The summed E-state index contributed by atoms with van der Waals surface area (Å²) in [6.07, 6.45) is 9.04. The molecule has 4 aliphatic carbocycles. The van der Waals surface area contributed by atoms with Crippen LogP contribution in [0.1, 0.15) is 72.1 Å². The molecule has 4 aliphatic rings. The number of fused-ring (bicyclic) bond motifs is 5. The molecule has 2 heteroatoms. The average Bonchev–Trinajstić information content (AvgIpc) is 2.77. The maximum atomic E-state index is 12.4. The summed E-state index contributed by atoms with van der Waals surface area (Å²) in [6.45, 7) is 6.96. The molecule has 0 aromatic carbocycles. The zero-order valence-electron chi connectivity index (χ0n) is 14.5. The van der Waals surface area contributed by atoms with Gasteiger partial charge in [0, 0.05) is 11.8 Å². The lowest BCUT2D eigenvalue weighted by Gasteiger charge is -2.60. The Hall–Kier alpha value is -0.370. The van der Waals surface area contributed by atoms with Gasteiger partial charge in [-0.3, -0.25) is 4.79 Å². The van der Waals surface area contributed by atoms with Crippen LogP contribution in [-0.2, 0) is 4.79 Å². The number of aliphatic hydroxyl groups excluding tert-OH is 1. The van der Waals surface area contributed by atoms with Crippen LogP contribution in [0.4, 0.5) is 0 Å². The third-order valence-electron chi connectivity index (χ3n) is 8.74. The molecule has 22 heavy (non-hydrogen) atoms. The van der Waals surface area contributed by atoms with Crippen molar-refractivity contribution in [2.45, 2.75) is 78.2 Å². The van der Waals surface area contributed by atoms with Crippen molar-refractivity contribution in [2.75, 3.05) is 0 Å². The monoisotopic (exact) mass is 304 g/mol. The van der Waals surface area contributed by atoms with E-state index in [0.29, 0.717) is 23.0 Å². The minimum absolute atomic E-state index is 0.00899. The summed E-state index contributed by atoms with van der Waals surface area (Å²) in [5.41, 5.74) is 0.312. The fraction of sp³-hybridized carbons (Fsp3) is 0.950. The highest BCUT2D eigenvalue weighted by atomic mass is 16.3. The van der Waals surface area contributed by atoms with Gasteiger partial charge in [0.25, 0.3) is 0 Å². The summed E-state index contributed by atoms with van der Waals surface area (Å²) in [5.74, 6) is 3.93. The minimum Gasteiger partial charge on any atom is -0.393 e. The number of Topliss-reactive ketones (excluding diaryl/α,β-unsaturated/α-hetero) is 1. The van der Waals surface area contributed by atoms with E-state index in [2.05, 4.69) is 20.8 Å². The van der Waals surface area contributed by atoms with Gasteiger partial charge in [-0.05, 0) is 80.0 Å². The first-order valence-corrected chi connectivity index (χ1v) is 9.57. The number of hydrogen-bond acceptors (Lipinski definition) is 2. The topological polar surface area (TPSA) is 37.3 Å². The van der Waals surface area contributed by atoms with Gasteiger partial charge >= 0.3 is 0 Å². The molecule has 0 heterocycles. The van der Waals surface area contributed by atoms with Crippen molar-refractivity contribution >= 4 is 5.78 Å². The van der Waals surface area contributed by atoms with Crippen LogP contribution in [0.3, 0.4) is 0 Å². The molecule has 0 unspecified atom stereocenters. The van der Waals surface area contributed by atoms with Gasteiger partial charge in [0.2, 0.25) is 0 Å². The van der Waals surface area contributed by atoms with Crippen LogP contribution in [0.15, 0.2) is 0 Å². The molecule has 0 aliphatic heterocycles. The standard InChI is InChI=1S/C20H32O2/c1-12-10-13-4-5-14-15-6-7-18(22)19(15,2)9-8-16(14)20(13,3)11-17(12)21/h12-17,21H,4-11H2,1-3H3/t12-,13-,14-,15-,16-,17-,19-,20-/m0/s1. The number of aliphatic hydroxyl groups is 1. The Bertz CT molecular complexity index is 486. The number of rotatable bonds is 0. The lowest BCUT2D eigenvalue weighted by molar-refractivity contribution is -0.149. The van der Waals surface area contributed by atoms with Crippen LogP contribution in [0.25, 0.3) is 0 Å². The van der Waals surface area contributed by atoms with Crippen molar-refractivity contribution < 1.29 is 9.90 Å². The van der Waals surface area contributed by atoms with Crippen molar-refractivity contribution in [3.8, 4) is 0 Å². The van der Waals surface area contributed by atoms with Crippen LogP contribution in [0.5, 0.6) is 0 Å². The Morgan fingerprint density at radius 3 is 2.64 bits per heavy atom. The molecule has 1 N–H and O–H groups in total. The molecule has 0 spiro atoms. The Morgan fingerprint density at radius 1 is 1.09 bits per heavy atom. The molecule has 124 valence electrons. The van der Waals surface area contributed by atoms with E-state index in [1.807, 2.05) is 0 Å². The van der Waals surface area contributed by atoms with Crippen molar-refractivity contribution in [2.24, 2.45) is 40.4 Å². The number of ketones is 1. The molecule has 0 aromatic rings. The van der Waals surface area contributed by atoms with Crippen molar-refractivity contribution in [3.05, 3.63) is 0 Å². The third kappa shape index (κ3) is 1.85. The Morgan fingerprint density at radius 2 is 1.86 bits per heavy atom. The maximum absolute atomic E-state index is 12.4. The minimum atomic E-state index is -0.112. The number of hydrogen-bond donors (Lipinski definition) is 1. The second-order valence-corrected chi connectivity index (χ2v) is 9.56. The zero-order valence-corrected chi connectivity index (χ0v) is 14.5. The van der Waals surface area contributed by atoms with E-state index in [1.54, 1.807) is 0 Å². The second kappa shape index (κ2) is 4.82. The molecule has 0 radical (unpaired) electrons. The van der Waals surface area contributed by atoms with Crippen LogP contribution < -0.4 is 0 Å².